The Hall–Kier alpha value is -2.56. The zero-order valence-electron chi connectivity index (χ0n) is 15.6. The van der Waals surface area contributed by atoms with Gasteiger partial charge in [0.1, 0.15) is 5.75 Å². The average Bonchev–Trinajstić information content (AvgIpc) is 2.69. The first-order chi connectivity index (χ1) is 12.7. The van der Waals surface area contributed by atoms with Gasteiger partial charge in [-0.3, -0.25) is 9.78 Å². The average molecular weight is 353 g/mol. The molecule has 0 saturated carbocycles. The number of rotatable bonds is 6. The highest BCUT2D eigenvalue weighted by atomic mass is 16.5. The van der Waals surface area contributed by atoms with Crippen molar-refractivity contribution in [3.8, 4) is 5.75 Å². The monoisotopic (exact) mass is 353 g/mol. The highest BCUT2D eigenvalue weighted by Crippen LogP contribution is 2.28. The van der Waals surface area contributed by atoms with Crippen molar-refractivity contribution in [1.29, 1.82) is 0 Å². The number of anilines is 2. The topological polar surface area (TPSA) is 54.5 Å². The largest absolute Gasteiger partial charge is 0.492 e. The fraction of sp³-hybridized carbons (Fsp3) is 0.429. The van der Waals surface area contributed by atoms with Crippen LogP contribution in [-0.4, -0.2) is 30.1 Å². The molecule has 0 aliphatic carbocycles. The second-order valence-corrected chi connectivity index (χ2v) is 6.57. The number of carbonyl (C=O) groups excluding carboxylic acids is 1. The third-order valence-electron chi connectivity index (χ3n) is 4.85. The number of amides is 1. The molecular weight excluding hydrogens is 326 g/mol. The lowest BCUT2D eigenvalue weighted by molar-refractivity contribution is 0.102. The summed E-state index contributed by atoms with van der Waals surface area (Å²) < 4.78 is 5.58. The number of para-hydroxylation sites is 2. The molecule has 1 fully saturated rings. The minimum absolute atomic E-state index is 0.170. The van der Waals surface area contributed by atoms with Crippen LogP contribution in [0, 0.1) is 0 Å². The number of hydrogen-bond donors (Lipinski definition) is 1. The number of hydrogen-bond acceptors (Lipinski definition) is 4. The molecule has 26 heavy (non-hydrogen) atoms. The van der Waals surface area contributed by atoms with Crippen LogP contribution in [0.5, 0.6) is 5.75 Å². The number of carbonyl (C=O) groups is 1. The highest BCUT2D eigenvalue weighted by Gasteiger charge is 2.22. The maximum Gasteiger partial charge on any atom is 0.257 e. The number of benzene rings is 1. The predicted octanol–water partition coefficient (Wildman–Crippen LogP) is 4.50. The Morgan fingerprint density at radius 2 is 2.12 bits per heavy atom. The van der Waals surface area contributed by atoms with E-state index in [2.05, 4.69) is 22.1 Å². The van der Waals surface area contributed by atoms with Gasteiger partial charge < -0.3 is 15.0 Å². The molecule has 1 saturated heterocycles. The lowest BCUT2D eigenvalue weighted by atomic mass is 9.99. The van der Waals surface area contributed by atoms with Gasteiger partial charge in [-0.1, -0.05) is 19.1 Å². The van der Waals surface area contributed by atoms with E-state index in [9.17, 15) is 4.79 Å². The summed E-state index contributed by atoms with van der Waals surface area (Å²) in [6, 6.07) is 9.95. The van der Waals surface area contributed by atoms with Crippen LogP contribution in [0.2, 0.25) is 0 Å². The first-order valence-electron chi connectivity index (χ1n) is 9.47. The molecule has 1 aliphatic rings. The zero-order chi connectivity index (χ0) is 18.4. The van der Waals surface area contributed by atoms with Gasteiger partial charge in [-0.15, -0.1) is 0 Å². The van der Waals surface area contributed by atoms with E-state index in [1.165, 1.54) is 19.3 Å². The first-order valence-corrected chi connectivity index (χ1v) is 9.47. The molecule has 1 aromatic carbocycles. The molecule has 1 aromatic heterocycles. The Kier molecular flexibility index (Phi) is 6.10. The summed E-state index contributed by atoms with van der Waals surface area (Å²) in [7, 11) is 0. The second kappa shape index (κ2) is 8.70. The van der Waals surface area contributed by atoms with E-state index >= 15 is 0 Å². The van der Waals surface area contributed by atoms with Crippen molar-refractivity contribution < 1.29 is 9.53 Å². The molecule has 1 unspecified atom stereocenters. The number of aromatic nitrogens is 1. The van der Waals surface area contributed by atoms with Crippen LogP contribution in [-0.2, 0) is 0 Å². The molecule has 1 amide bonds. The van der Waals surface area contributed by atoms with Crippen molar-refractivity contribution in [1.82, 2.24) is 4.98 Å². The first kappa shape index (κ1) is 18.2. The molecule has 138 valence electrons. The van der Waals surface area contributed by atoms with E-state index in [1.807, 2.05) is 43.5 Å². The summed E-state index contributed by atoms with van der Waals surface area (Å²) in [5.74, 6) is 0.506. The van der Waals surface area contributed by atoms with Gasteiger partial charge >= 0.3 is 0 Å². The number of ether oxygens (including phenoxy) is 1. The molecule has 5 nitrogen and oxygen atoms in total. The van der Waals surface area contributed by atoms with Crippen molar-refractivity contribution in [2.45, 2.75) is 45.6 Å². The molecule has 2 heterocycles. The van der Waals surface area contributed by atoms with Crippen LogP contribution >= 0.6 is 0 Å². The molecule has 1 N–H and O–H groups in total. The molecule has 5 heteroatoms. The van der Waals surface area contributed by atoms with Crippen molar-refractivity contribution in [2.75, 3.05) is 23.4 Å². The van der Waals surface area contributed by atoms with Gasteiger partial charge in [-0.2, -0.15) is 0 Å². The van der Waals surface area contributed by atoms with E-state index in [1.54, 1.807) is 6.20 Å². The van der Waals surface area contributed by atoms with Crippen molar-refractivity contribution in [3.05, 3.63) is 48.3 Å². The summed E-state index contributed by atoms with van der Waals surface area (Å²) in [5, 5.41) is 2.94. The normalized spacial score (nSPS) is 17.0. The molecule has 1 aliphatic heterocycles. The molecule has 0 bridgehead atoms. The van der Waals surface area contributed by atoms with Crippen molar-refractivity contribution in [3.63, 3.8) is 0 Å². The fourth-order valence-electron chi connectivity index (χ4n) is 3.52. The lowest BCUT2D eigenvalue weighted by Crippen LogP contribution is -2.39. The number of pyridine rings is 1. The second-order valence-electron chi connectivity index (χ2n) is 6.57. The molecular formula is C21H27N3O2. The fourth-order valence-corrected chi connectivity index (χ4v) is 3.52. The van der Waals surface area contributed by atoms with E-state index < -0.39 is 0 Å². The van der Waals surface area contributed by atoms with Crippen molar-refractivity contribution in [2.24, 2.45) is 0 Å². The molecule has 2 aromatic rings. The van der Waals surface area contributed by atoms with Crippen LogP contribution in [0.4, 0.5) is 11.4 Å². The Morgan fingerprint density at radius 3 is 2.92 bits per heavy atom. The standard InChI is InChI=1S/C21H27N3O2/c1-3-17-9-7-8-12-24(17)18-13-16(14-22-15-18)21(25)23-19-10-5-6-11-20(19)26-4-2/h5-6,10-11,13-15,17H,3-4,7-9,12H2,1-2H3,(H,23,25). The van der Waals surface area contributed by atoms with Crippen LogP contribution in [0.15, 0.2) is 42.7 Å². The zero-order valence-corrected chi connectivity index (χ0v) is 15.6. The molecule has 1 atom stereocenters. The minimum atomic E-state index is -0.170. The van der Waals surface area contributed by atoms with Crippen LogP contribution in [0.3, 0.4) is 0 Å². The SMILES string of the molecule is CCOc1ccccc1NC(=O)c1cncc(N2CCCCC2CC)c1. The Balaban J connectivity index is 1.78. The van der Waals surface area contributed by atoms with Crippen LogP contribution in [0.25, 0.3) is 0 Å². The smallest absolute Gasteiger partial charge is 0.257 e. The van der Waals surface area contributed by atoms with Gasteiger partial charge in [0.2, 0.25) is 0 Å². The number of piperidine rings is 1. The van der Waals surface area contributed by atoms with Crippen molar-refractivity contribution >= 4 is 17.3 Å². The van der Waals surface area contributed by atoms with E-state index in [4.69, 9.17) is 4.74 Å². The molecule has 0 radical (unpaired) electrons. The Labute approximate surface area is 155 Å². The van der Waals surface area contributed by atoms with Crippen LogP contribution < -0.4 is 15.0 Å². The molecule has 0 spiro atoms. The third kappa shape index (κ3) is 4.15. The Morgan fingerprint density at radius 1 is 1.27 bits per heavy atom. The minimum Gasteiger partial charge on any atom is -0.492 e. The predicted molar refractivity (Wildman–Crippen MR) is 105 cm³/mol. The maximum atomic E-state index is 12.7. The Bertz CT molecular complexity index is 748. The highest BCUT2D eigenvalue weighted by molar-refractivity contribution is 6.05. The van der Waals surface area contributed by atoms with E-state index in [0.29, 0.717) is 29.6 Å². The van der Waals surface area contributed by atoms with Gasteiger partial charge in [-0.05, 0) is 50.8 Å². The van der Waals surface area contributed by atoms with E-state index in [-0.39, 0.29) is 5.91 Å². The number of nitrogens with one attached hydrogen (secondary N) is 1. The van der Waals surface area contributed by atoms with Gasteiger partial charge in [0, 0.05) is 18.8 Å². The number of nitrogens with zero attached hydrogens (tertiary/aromatic N) is 2. The summed E-state index contributed by atoms with van der Waals surface area (Å²) in [4.78, 5) is 19.4. The van der Waals surface area contributed by atoms with Gasteiger partial charge in [0.25, 0.3) is 5.91 Å². The van der Waals surface area contributed by atoms with Gasteiger partial charge in [0.05, 0.1) is 29.7 Å². The van der Waals surface area contributed by atoms with Gasteiger partial charge in [0.15, 0.2) is 0 Å². The maximum absolute atomic E-state index is 12.7. The summed E-state index contributed by atoms with van der Waals surface area (Å²) in [5.41, 5.74) is 2.27. The lowest BCUT2D eigenvalue weighted by Gasteiger charge is -2.37. The summed E-state index contributed by atoms with van der Waals surface area (Å²) in [6.45, 7) is 5.72. The van der Waals surface area contributed by atoms with Gasteiger partial charge in [-0.25, -0.2) is 0 Å². The van der Waals surface area contributed by atoms with Crippen LogP contribution in [0.1, 0.15) is 49.9 Å². The summed E-state index contributed by atoms with van der Waals surface area (Å²) >= 11 is 0. The summed E-state index contributed by atoms with van der Waals surface area (Å²) in [6.07, 6.45) is 8.25. The third-order valence-corrected chi connectivity index (χ3v) is 4.85. The quantitative estimate of drug-likeness (QED) is 0.831. The molecule has 3 rings (SSSR count). The van der Waals surface area contributed by atoms with E-state index in [0.717, 1.165) is 18.7 Å².